The molecule has 1 saturated heterocycles. The number of ketones is 1. The fourth-order valence-electron chi connectivity index (χ4n) is 5.52. The van der Waals surface area contributed by atoms with Crippen LogP contribution in [0.1, 0.15) is 79.1 Å². The molecule has 1 saturated carbocycles. The first-order chi connectivity index (χ1) is 12.4. The highest BCUT2D eigenvalue weighted by molar-refractivity contribution is 6.01. The monoisotopic (exact) mass is 374 g/mol. The lowest BCUT2D eigenvalue weighted by molar-refractivity contribution is -0.135. The second kappa shape index (κ2) is 6.50. The Labute approximate surface area is 160 Å². The van der Waals surface area contributed by atoms with Gasteiger partial charge in [-0.3, -0.25) is 9.59 Å². The number of H-pyrrole nitrogens is 1. The lowest BCUT2D eigenvalue weighted by Gasteiger charge is -2.39. The lowest BCUT2D eigenvalue weighted by atomic mass is 9.65. The molecule has 2 atom stereocenters. The summed E-state index contributed by atoms with van der Waals surface area (Å²) in [6, 6.07) is 0.226. The number of amides is 1. The predicted molar refractivity (Wildman–Crippen MR) is 102 cm³/mol. The first kappa shape index (κ1) is 19.6. The van der Waals surface area contributed by atoms with E-state index in [0.717, 1.165) is 25.8 Å². The van der Waals surface area contributed by atoms with E-state index in [1.165, 1.54) is 6.92 Å². The van der Waals surface area contributed by atoms with E-state index >= 15 is 0 Å². The molecule has 0 radical (unpaired) electrons. The zero-order valence-electron chi connectivity index (χ0n) is 17.2. The molecule has 3 rings (SSSR count). The van der Waals surface area contributed by atoms with E-state index in [-0.39, 0.29) is 40.9 Å². The Morgan fingerprint density at radius 2 is 1.85 bits per heavy atom. The van der Waals surface area contributed by atoms with Gasteiger partial charge in [0.15, 0.2) is 12.4 Å². The first-order valence-corrected chi connectivity index (χ1v) is 9.59. The van der Waals surface area contributed by atoms with Gasteiger partial charge in [0, 0.05) is 23.8 Å². The number of carbonyl (C=O) groups is 3. The van der Waals surface area contributed by atoms with Gasteiger partial charge in [0.2, 0.25) is 0 Å². The quantitative estimate of drug-likeness (QED) is 0.647. The van der Waals surface area contributed by atoms with Gasteiger partial charge in [-0.05, 0) is 56.4 Å². The van der Waals surface area contributed by atoms with Crippen LogP contribution in [-0.4, -0.2) is 46.7 Å². The number of likely N-dealkylation sites (tertiary alicyclic amines) is 1. The second-order valence-corrected chi connectivity index (χ2v) is 9.49. The van der Waals surface area contributed by atoms with Crippen molar-refractivity contribution in [3.05, 3.63) is 22.5 Å². The van der Waals surface area contributed by atoms with E-state index in [2.05, 4.69) is 25.8 Å². The molecule has 1 amide bonds. The van der Waals surface area contributed by atoms with Crippen molar-refractivity contribution >= 4 is 17.7 Å². The molecule has 0 unspecified atom stereocenters. The molecule has 1 N–H and O–H groups in total. The third-order valence-electron chi connectivity index (χ3n) is 6.06. The van der Waals surface area contributed by atoms with Crippen molar-refractivity contribution in [1.29, 1.82) is 0 Å². The average Bonchev–Trinajstić information content (AvgIpc) is 2.96. The van der Waals surface area contributed by atoms with Crippen LogP contribution in [0.15, 0.2) is 0 Å². The number of nitrogens with one attached hydrogen (secondary N) is 1. The number of aromatic amines is 1. The Bertz CT molecular complexity index is 807. The standard InChI is InChI=1S/C21H30N2O4/c1-12-17(14(3)24)13(2)22-18(12)19(26)27-9-16(25)23-11-21(6)8-15(23)7-20(4,5)10-21/h15,22H,7-11H2,1-6H3/t15-,21-/m1/s1. The van der Waals surface area contributed by atoms with E-state index in [0.29, 0.717) is 16.8 Å². The molecule has 2 bridgehead atoms. The maximum absolute atomic E-state index is 12.7. The van der Waals surface area contributed by atoms with E-state index in [1.807, 2.05) is 4.90 Å². The molecule has 2 heterocycles. The van der Waals surface area contributed by atoms with Crippen LogP contribution in [0.2, 0.25) is 0 Å². The largest absolute Gasteiger partial charge is 0.451 e. The summed E-state index contributed by atoms with van der Waals surface area (Å²) in [4.78, 5) is 41.7. The number of aryl methyl sites for hydroxylation is 1. The Balaban J connectivity index is 1.66. The Kier molecular flexibility index (Phi) is 4.73. The van der Waals surface area contributed by atoms with Crippen molar-refractivity contribution in [3.63, 3.8) is 0 Å². The zero-order valence-corrected chi connectivity index (χ0v) is 17.2. The van der Waals surface area contributed by atoms with Gasteiger partial charge in [0.1, 0.15) is 5.69 Å². The highest BCUT2D eigenvalue weighted by atomic mass is 16.5. The SMILES string of the molecule is CC(=O)c1c(C)[nH]c(C(=O)OCC(=O)N2C[C@]3(C)C[C@H]2CC(C)(C)C3)c1C. The molecule has 0 spiro atoms. The highest BCUT2D eigenvalue weighted by Crippen LogP contribution is 2.52. The van der Waals surface area contributed by atoms with Crippen molar-refractivity contribution in [1.82, 2.24) is 9.88 Å². The molecule has 6 nitrogen and oxygen atoms in total. The number of aromatic nitrogens is 1. The summed E-state index contributed by atoms with van der Waals surface area (Å²) in [5.74, 6) is -0.829. The number of Topliss-reactive ketones (excluding diaryl/α,β-unsaturated/α-hetero) is 1. The fraction of sp³-hybridized carbons (Fsp3) is 0.667. The Morgan fingerprint density at radius 3 is 2.44 bits per heavy atom. The molecule has 2 aliphatic rings. The van der Waals surface area contributed by atoms with Gasteiger partial charge < -0.3 is 14.6 Å². The third-order valence-corrected chi connectivity index (χ3v) is 6.06. The summed E-state index contributed by atoms with van der Waals surface area (Å²) in [6.07, 6.45) is 3.11. The van der Waals surface area contributed by atoms with Gasteiger partial charge in [0.25, 0.3) is 5.91 Å². The second-order valence-electron chi connectivity index (χ2n) is 9.49. The van der Waals surface area contributed by atoms with Gasteiger partial charge in [-0.2, -0.15) is 0 Å². The number of fused-ring (bicyclic) bond motifs is 2. The van der Waals surface area contributed by atoms with E-state index in [1.54, 1.807) is 13.8 Å². The minimum atomic E-state index is -0.592. The molecule has 1 aromatic rings. The van der Waals surface area contributed by atoms with Crippen LogP contribution in [0, 0.1) is 24.7 Å². The van der Waals surface area contributed by atoms with Crippen LogP contribution >= 0.6 is 0 Å². The first-order valence-electron chi connectivity index (χ1n) is 9.59. The maximum Gasteiger partial charge on any atom is 0.355 e. The summed E-state index contributed by atoms with van der Waals surface area (Å²) in [5, 5.41) is 0. The summed E-state index contributed by atoms with van der Waals surface area (Å²) in [5.41, 5.74) is 2.35. The van der Waals surface area contributed by atoms with Crippen LogP contribution in [0.25, 0.3) is 0 Å². The molecule has 27 heavy (non-hydrogen) atoms. The molecule has 1 aliphatic carbocycles. The van der Waals surface area contributed by atoms with E-state index in [4.69, 9.17) is 4.74 Å². The summed E-state index contributed by atoms with van der Waals surface area (Å²) in [7, 11) is 0. The van der Waals surface area contributed by atoms with Gasteiger partial charge in [-0.1, -0.05) is 20.8 Å². The molecule has 6 heteroatoms. The number of hydrogen-bond acceptors (Lipinski definition) is 4. The van der Waals surface area contributed by atoms with Crippen molar-refractivity contribution in [3.8, 4) is 0 Å². The maximum atomic E-state index is 12.7. The molecule has 2 fully saturated rings. The highest BCUT2D eigenvalue weighted by Gasteiger charge is 2.50. The van der Waals surface area contributed by atoms with Crippen LogP contribution in [0.3, 0.4) is 0 Å². The molecular formula is C21H30N2O4. The third kappa shape index (κ3) is 3.66. The van der Waals surface area contributed by atoms with Crippen LogP contribution < -0.4 is 0 Å². The number of esters is 1. The summed E-state index contributed by atoms with van der Waals surface area (Å²) < 4.78 is 5.29. The van der Waals surface area contributed by atoms with Crippen molar-refractivity contribution in [2.45, 2.75) is 66.8 Å². The molecule has 148 valence electrons. The number of hydrogen-bond donors (Lipinski definition) is 1. The fourth-order valence-corrected chi connectivity index (χ4v) is 5.52. The zero-order chi connectivity index (χ0) is 20.1. The summed E-state index contributed by atoms with van der Waals surface area (Å²) in [6.45, 7) is 12.2. The Morgan fingerprint density at radius 1 is 1.19 bits per heavy atom. The number of carbonyl (C=O) groups excluding carboxylic acids is 3. The van der Waals surface area contributed by atoms with Crippen molar-refractivity contribution < 1.29 is 19.1 Å². The van der Waals surface area contributed by atoms with Crippen molar-refractivity contribution in [2.24, 2.45) is 10.8 Å². The lowest BCUT2D eigenvalue weighted by Crippen LogP contribution is -2.39. The molecule has 1 aliphatic heterocycles. The van der Waals surface area contributed by atoms with Gasteiger partial charge in [0.05, 0.1) is 0 Å². The average molecular weight is 374 g/mol. The van der Waals surface area contributed by atoms with Crippen LogP contribution in [-0.2, 0) is 9.53 Å². The number of nitrogens with zero attached hydrogens (tertiary/aromatic N) is 1. The minimum absolute atomic E-state index is 0.100. The van der Waals surface area contributed by atoms with Crippen LogP contribution in [0.4, 0.5) is 0 Å². The van der Waals surface area contributed by atoms with E-state index < -0.39 is 5.97 Å². The minimum Gasteiger partial charge on any atom is -0.451 e. The predicted octanol–water partition coefficient (Wildman–Crippen LogP) is 3.42. The van der Waals surface area contributed by atoms with Gasteiger partial charge in [-0.15, -0.1) is 0 Å². The smallest absolute Gasteiger partial charge is 0.355 e. The molecular weight excluding hydrogens is 344 g/mol. The topological polar surface area (TPSA) is 79.5 Å². The normalized spacial score (nSPS) is 26.1. The number of rotatable bonds is 4. The Hall–Kier alpha value is -2.11. The molecule has 1 aromatic heterocycles. The van der Waals surface area contributed by atoms with E-state index in [9.17, 15) is 14.4 Å². The van der Waals surface area contributed by atoms with Crippen LogP contribution in [0.5, 0.6) is 0 Å². The number of ether oxygens (including phenoxy) is 1. The molecule has 0 aromatic carbocycles. The summed E-state index contributed by atoms with van der Waals surface area (Å²) >= 11 is 0. The van der Waals surface area contributed by atoms with Gasteiger partial charge in [-0.25, -0.2) is 4.79 Å². The van der Waals surface area contributed by atoms with Crippen molar-refractivity contribution in [2.75, 3.05) is 13.2 Å². The van der Waals surface area contributed by atoms with Gasteiger partial charge >= 0.3 is 5.97 Å².